The van der Waals surface area contributed by atoms with Crippen LogP contribution in [0.25, 0.3) is 6.08 Å². The van der Waals surface area contributed by atoms with Crippen LogP contribution in [0.5, 0.6) is 5.75 Å². The summed E-state index contributed by atoms with van der Waals surface area (Å²) < 4.78 is 0. The molecule has 0 spiro atoms. The van der Waals surface area contributed by atoms with Gasteiger partial charge >= 0.3 is 0 Å². The van der Waals surface area contributed by atoms with Crippen LogP contribution < -0.4 is 5.32 Å². The van der Waals surface area contributed by atoms with E-state index in [0.29, 0.717) is 11.3 Å². The molecule has 4 heteroatoms. The highest BCUT2D eigenvalue weighted by Crippen LogP contribution is 2.19. The number of aromatic hydroxyl groups is 1. The van der Waals surface area contributed by atoms with Gasteiger partial charge in [0.15, 0.2) is 0 Å². The minimum absolute atomic E-state index is 0.0217. The number of carbonyl (C=O) groups is 1. The number of hydrogen-bond acceptors (Lipinski definition) is 3. The lowest BCUT2D eigenvalue weighted by atomic mass is 10.1. The number of phenolic OH excluding ortho intramolecular Hbond substituents is 1. The third-order valence-corrected chi connectivity index (χ3v) is 2.91. The van der Waals surface area contributed by atoms with Gasteiger partial charge in [0, 0.05) is 11.3 Å². The van der Waals surface area contributed by atoms with Crippen molar-refractivity contribution in [2.45, 2.75) is 6.92 Å². The van der Waals surface area contributed by atoms with Crippen LogP contribution in [-0.2, 0) is 4.79 Å². The van der Waals surface area contributed by atoms with Gasteiger partial charge in [-0.05, 0) is 31.2 Å². The van der Waals surface area contributed by atoms with Crippen molar-refractivity contribution >= 4 is 17.7 Å². The molecule has 0 saturated heterocycles. The van der Waals surface area contributed by atoms with E-state index in [-0.39, 0.29) is 11.3 Å². The van der Waals surface area contributed by atoms with Crippen LogP contribution in [0.1, 0.15) is 11.1 Å². The van der Waals surface area contributed by atoms with Crippen molar-refractivity contribution in [3.63, 3.8) is 0 Å². The van der Waals surface area contributed by atoms with Crippen LogP contribution in [0.15, 0.2) is 54.1 Å². The summed E-state index contributed by atoms with van der Waals surface area (Å²) in [6, 6.07) is 15.6. The maximum absolute atomic E-state index is 12.1. The number of aryl methyl sites for hydroxylation is 1. The van der Waals surface area contributed by atoms with Crippen LogP contribution in [-0.4, -0.2) is 11.0 Å². The number of para-hydroxylation sites is 1. The van der Waals surface area contributed by atoms with E-state index in [4.69, 9.17) is 5.26 Å². The number of nitrogens with zero attached hydrogens (tertiary/aromatic N) is 1. The zero-order chi connectivity index (χ0) is 15.2. The average molecular weight is 278 g/mol. The predicted octanol–water partition coefficient (Wildman–Crippen LogP) is 3.25. The lowest BCUT2D eigenvalue weighted by Crippen LogP contribution is -2.13. The molecular weight excluding hydrogens is 264 g/mol. The van der Waals surface area contributed by atoms with Crippen LogP contribution in [0, 0.1) is 18.3 Å². The van der Waals surface area contributed by atoms with Gasteiger partial charge < -0.3 is 10.4 Å². The molecule has 4 nitrogen and oxygen atoms in total. The number of phenols is 1. The molecule has 0 aliphatic carbocycles. The molecule has 0 atom stereocenters. The van der Waals surface area contributed by atoms with Gasteiger partial charge in [-0.15, -0.1) is 0 Å². The quantitative estimate of drug-likeness (QED) is 0.668. The maximum atomic E-state index is 12.1. The molecule has 0 aromatic heterocycles. The maximum Gasteiger partial charge on any atom is 0.266 e. The first kappa shape index (κ1) is 14.4. The fourth-order valence-corrected chi connectivity index (χ4v) is 1.75. The van der Waals surface area contributed by atoms with E-state index in [9.17, 15) is 9.90 Å². The summed E-state index contributed by atoms with van der Waals surface area (Å²) in [6.07, 6.45) is 1.36. The molecule has 0 unspecified atom stereocenters. The van der Waals surface area contributed by atoms with Crippen LogP contribution in [0.2, 0.25) is 0 Å². The molecule has 2 aromatic carbocycles. The normalized spacial score (nSPS) is 10.8. The van der Waals surface area contributed by atoms with Crippen LogP contribution in [0.3, 0.4) is 0 Å². The number of nitrogens with one attached hydrogen (secondary N) is 1. The van der Waals surface area contributed by atoms with E-state index in [1.807, 2.05) is 25.1 Å². The van der Waals surface area contributed by atoms with Crippen molar-refractivity contribution < 1.29 is 9.90 Å². The molecule has 0 fully saturated rings. The fraction of sp³-hybridized carbons (Fsp3) is 0.0588. The molecule has 0 saturated carbocycles. The summed E-state index contributed by atoms with van der Waals surface area (Å²) in [5.41, 5.74) is 2.05. The van der Waals surface area contributed by atoms with E-state index in [0.717, 1.165) is 5.56 Å². The Bertz CT molecular complexity index is 725. The summed E-state index contributed by atoms with van der Waals surface area (Å²) >= 11 is 0. The van der Waals surface area contributed by atoms with E-state index in [2.05, 4.69) is 5.32 Å². The molecule has 0 heterocycles. The first-order valence-corrected chi connectivity index (χ1v) is 6.38. The summed E-state index contributed by atoms with van der Waals surface area (Å²) in [5, 5.41) is 21.4. The van der Waals surface area contributed by atoms with Gasteiger partial charge in [-0.2, -0.15) is 5.26 Å². The highest BCUT2D eigenvalue weighted by atomic mass is 16.3. The Labute approximate surface area is 123 Å². The van der Waals surface area contributed by atoms with Crippen LogP contribution in [0.4, 0.5) is 5.69 Å². The molecule has 1 amide bonds. The Morgan fingerprint density at radius 3 is 2.48 bits per heavy atom. The zero-order valence-corrected chi connectivity index (χ0v) is 11.5. The number of benzene rings is 2. The number of carbonyl (C=O) groups excluding carboxylic acids is 1. The lowest BCUT2D eigenvalue weighted by Gasteiger charge is -2.05. The predicted molar refractivity (Wildman–Crippen MR) is 81.5 cm³/mol. The van der Waals surface area contributed by atoms with Crippen molar-refractivity contribution in [2.24, 2.45) is 0 Å². The van der Waals surface area contributed by atoms with E-state index >= 15 is 0 Å². The molecule has 0 aliphatic rings. The van der Waals surface area contributed by atoms with Crippen LogP contribution >= 0.6 is 0 Å². The summed E-state index contributed by atoms with van der Waals surface area (Å²) in [5.74, 6) is -0.488. The highest BCUT2D eigenvalue weighted by molar-refractivity contribution is 6.09. The number of rotatable bonds is 3. The van der Waals surface area contributed by atoms with Gasteiger partial charge in [-0.3, -0.25) is 4.79 Å². The Morgan fingerprint density at radius 2 is 1.86 bits per heavy atom. The van der Waals surface area contributed by atoms with Crippen molar-refractivity contribution in [2.75, 3.05) is 5.32 Å². The van der Waals surface area contributed by atoms with E-state index in [1.54, 1.807) is 30.3 Å². The molecule has 104 valence electrons. The number of amides is 1. The second-order valence-electron chi connectivity index (χ2n) is 4.55. The highest BCUT2D eigenvalue weighted by Gasteiger charge is 2.10. The summed E-state index contributed by atoms with van der Waals surface area (Å²) in [7, 11) is 0. The molecule has 0 radical (unpaired) electrons. The fourth-order valence-electron chi connectivity index (χ4n) is 1.75. The third-order valence-electron chi connectivity index (χ3n) is 2.91. The number of nitriles is 1. The number of anilines is 1. The minimum atomic E-state index is -0.510. The Kier molecular flexibility index (Phi) is 4.37. The van der Waals surface area contributed by atoms with Gasteiger partial charge in [0.1, 0.15) is 17.4 Å². The van der Waals surface area contributed by atoms with Gasteiger partial charge in [0.25, 0.3) is 5.91 Å². The third kappa shape index (κ3) is 3.71. The zero-order valence-electron chi connectivity index (χ0n) is 11.5. The minimum Gasteiger partial charge on any atom is -0.507 e. The molecule has 0 bridgehead atoms. The first-order valence-electron chi connectivity index (χ1n) is 6.38. The van der Waals surface area contributed by atoms with E-state index in [1.165, 1.54) is 12.1 Å². The molecule has 2 aromatic rings. The second-order valence-corrected chi connectivity index (χ2v) is 4.55. The largest absolute Gasteiger partial charge is 0.507 e. The number of hydrogen-bond donors (Lipinski definition) is 2. The van der Waals surface area contributed by atoms with Gasteiger partial charge in [0.2, 0.25) is 0 Å². The summed E-state index contributed by atoms with van der Waals surface area (Å²) in [4.78, 5) is 12.1. The molecule has 0 aliphatic heterocycles. The molecule has 21 heavy (non-hydrogen) atoms. The van der Waals surface area contributed by atoms with Gasteiger partial charge in [-0.25, -0.2) is 0 Å². The smallest absolute Gasteiger partial charge is 0.266 e. The molecular formula is C17H14N2O2. The topological polar surface area (TPSA) is 73.1 Å². The molecule has 2 N–H and O–H groups in total. The first-order chi connectivity index (χ1) is 10.1. The van der Waals surface area contributed by atoms with Crippen molar-refractivity contribution in [1.82, 2.24) is 0 Å². The van der Waals surface area contributed by atoms with Crippen molar-refractivity contribution in [1.29, 1.82) is 5.26 Å². The molecule has 2 rings (SSSR count). The van der Waals surface area contributed by atoms with Gasteiger partial charge in [0.05, 0.1) is 0 Å². The average Bonchev–Trinajstić information content (AvgIpc) is 2.48. The lowest BCUT2D eigenvalue weighted by molar-refractivity contribution is -0.112. The summed E-state index contributed by atoms with van der Waals surface area (Å²) in [6.45, 7) is 1.95. The Balaban J connectivity index is 2.22. The van der Waals surface area contributed by atoms with Crippen molar-refractivity contribution in [3.05, 3.63) is 65.2 Å². The Morgan fingerprint density at radius 1 is 1.19 bits per heavy atom. The standard InChI is InChI=1S/C17H14N2O2/c1-12-6-8-15(9-7-12)19-17(21)14(11-18)10-13-4-2-3-5-16(13)20/h2-10,20H,1H3,(H,19,21). The Hall–Kier alpha value is -3.06. The monoisotopic (exact) mass is 278 g/mol. The SMILES string of the molecule is Cc1ccc(NC(=O)C(C#N)=Cc2ccccc2O)cc1. The second kappa shape index (κ2) is 6.40. The van der Waals surface area contributed by atoms with Crippen molar-refractivity contribution in [3.8, 4) is 11.8 Å². The van der Waals surface area contributed by atoms with E-state index < -0.39 is 5.91 Å². The van der Waals surface area contributed by atoms with Gasteiger partial charge in [-0.1, -0.05) is 35.9 Å².